The zero-order valence-electron chi connectivity index (χ0n) is 10.4. The molecule has 1 amide bonds. The molecule has 1 aromatic rings. The molecule has 2 heterocycles. The molecule has 0 bridgehead atoms. The Balaban J connectivity index is 2.21. The molecule has 1 atom stereocenters. The Kier molecular flexibility index (Phi) is 3.30. The topological polar surface area (TPSA) is 46.3 Å². The second-order valence-electron chi connectivity index (χ2n) is 5.00. The molecule has 0 N–H and O–H groups in total. The van der Waals surface area contributed by atoms with Crippen LogP contribution in [0.15, 0.2) is 10.6 Å². The van der Waals surface area contributed by atoms with Crippen molar-refractivity contribution in [2.24, 2.45) is 0 Å². The van der Waals surface area contributed by atoms with Gasteiger partial charge in [-0.3, -0.25) is 4.79 Å². The molecule has 4 nitrogen and oxygen atoms in total. The molecule has 1 saturated heterocycles. The minimum Gasteiger partial charge on any atom is -0.359 e. The van der Waals surface area contributed by atoms with Crippen molar-refractivity contribution in [3.8, 4) is 0 Å². The van der Waals surface area contributed by atoms with Crippen LogP contribution >= 0.6 is 15.9 Å². The summed E-state index contributed by atoms with van der Waals surface area (Å²) in [5.74, 6) is 0.902. The van der Waals surface area contributed by atoms with Crippen molar-refractivity contribution >= 4 is 21.8 Å². The standard InChI is InChI=1S/C12H17BrN2O2/c1-8-7-10(17-14-8)9-5-4-6-15(9)11(16)12(2,3)13/h7,9H,4-6H2,1-3H3. The van der Waals surface area contributed by atoms with Crippen LogP contribution in [-0.4, -0.2) is 26.8 Å². The Labute approximate surface area is 109 Å². The van der Waals surface area contributed by atoms with Gasteiger partial charge in [0, 0.05) is 12.6 Å². The highest BCUT2D eigenvalue weighted by atomic mass is 79.9. The van der Waals surface area contributed by atoms with Gasteiger partial charge in [0.1, 0.15) is 0 Å². The molecule has 0 aromatic carbocycles. The van der Waals surface area contributed by atoms with Gasteiger partial charge in [-0.1, -0.05) is 21.1 Å². The van der Waals surface area contributed by atoms with Crippen molar-refractivity contribution in [2.45, 2.75) is 44.0 Å². The van der Waals surface area contributed by atoms with Gasteiger partial charge in [-0.15, -0.1) is 0 Å². The average molecular weight is 301 g/mol. The number of aryl methyl sites for hydroxylation is 1. The summed E-state index contributed by atoms with van der Waals surface area (Å²) in [7, 11) is 0. The summed E-state index contributed by atoms with van der Waals surface area (Å²) in [5.41, 5.74) is 0.859. The second kappa shape index (κ2) is 4.44. The Morgan fingerprint density at radius 3 is 2.88 bits per heavy atom. The van der Waals surface area contributed by atoms with Gasteiger partial charge in [-0.25, -0.2) is 0 Å². The predicted octanol–water partition coefficient (Wildman–Crippen LogP) is 2.82. The van der Waals surface area contributed by atoms with Gasteiger partial charge in [0.05, 0.1) is 16.1 Å². The number of hydrogen-bond donors (Lipinski definition) is 0. The SMILES string of the molecule is Cc1cc(C2CCCN2C(=O)C(C)(C)Br)on1. The highest BCUT2D eigenvalue weighted by Gasteiger charge is 2.38. The van der Waals surface area contributed by atoms with Crippen molar-refractivity contribution in [1.29, 1.82) is 0 Å². The zero-order valence-corrected chi connectivity index (χ0v) is 12.0. The van der Waals surface area contributed by atoms with E-state index in [0.29, 0.717) is 0 Å². The van der Waals surface area contributed by atoms with E-state index in [-0.39, 0.29) is 11.9 Å². The van der Waals surface area contributed by atoms with Crippen molar-refractivity contribution in [3.05, 3.63) is 17.5 Å². The maximum Gasteiger partial charge on any atom is 0.239 e. The van der Waals surface area contributed by atoms with Crippen LogP contribution in [0.25, 0.3) is 0 Å². The summed E-state index contributed by atoms with van der Waals surface area (Å²) < 4.78 is 4.76. The quantitative estimate of drug-likeness (QED) is 0.789. The van der Waals surface area contributed by atoms with Gasteiger partial charge >= 0.3 is 0 Å². The lowest BCUT2D eigenvalue weighted by Gasteiger charge is -2.28. The van der Waals surface area contributed by atoms with Crippen LogP contribution in [0.1, 0.15) is 44.2 Å². The Morgan fingerprint density at radius 1 is 1.65 bits per heavy atom. The molecule has 0 saturated carbocycles. The van der Waals surface area contributed by atoms with Crippen LogP contribution in [-0.2, 0) is 4.79 Å². The highest BCUT2D eigenvalue weighted by Crippen LogP contribution is 2.35. The van der Waals surface area contributed by atoms with E-state index in [9.17, 15) is 4.79 Å². The number of amides is 1. The summed E-state index contributed by atoms with van der Waals surface area (Å²) in [6, 6.07) is 1.96. The second-order valence-corrected chi connectivity index (χ2v) is 6.98. The van der Waals surface area contributed by atoms with E-state index in [4.69, 9.17) is 4.52 Å². The van der Waals surface area contributed by atoms with Crippen LogP contribution in [0, 0.1) is 6.92 Å². The fourth-order valence-corrected chi connectivity index (χ4v) is 2.42. The third-order valence-corrected chi connectivity index (χ3v) is 3.34. The number of hydrogen-bond acceptors (Lipinski definition) is 3. The molecule has 1 aliphatic heterocycles. The maximum absolute atomic E-state index is 12.3. The summed E-state index contributed by atoms with van der Waals surface area (Å²) in [4.78, 5) is 14.2. The molecule has 5 heteroatoms. The summed E-state index contributed by atoms with van der Waals surface area (Å²) in [5, 5.41) is 3.89. The smallest absolute Gasteiger partial charge is 0.239 e. The molecule has 1 aromatic heterocycles. The van der Waals surface area contributed by atoms with E-state index < -0.39 is 4.32 Å². The van der Waals surface area contributed by atoms with Gasteiger partial charge in [0.15, 0.2) is 5.76 Å². The number of halogens is 1. The molecule has 1 aliphatic rings. The van der Waals surface area contributed by atoms with Crippen LogP contribution in [0.3, 0.4) is 0 Å². The number of nitrogens with zero attached hydrogens (tertiary/aromatic N) is 2. The predicted molar refractivity (Wildman–Crippen MR) is 67.9 cm³/mol. The van der Waals surface area contributed by atoms with E-state index in [1.54, 1.807) is 0 Å². The van der Waals surface area contributed by atoms with Crippen LogP contribution in [0.4, 0.5) is 0 Å². The fourth-order valence-electron chi connectivity index (χ4n) is 2.19. The van der Waals surface area contributed by atoms with Crippen LogP contribution in [0.5, 0.6) is 0 Å². The van der Waals surface area contributed by atoms with Gasteiger partial charge in [0.2, 0.25) is 5.91 Å². The first kappa shape index (κ1) is 12.6. The molecule has 17 heavy (non-hydrogen) atoms. The Morgan fingerprint density at radius 2 is 2.35 bits per heavy atom. The van der Waals surface area contributed by atoms with Crippen molar-refractivity contribution < 1.29 is 9.32 Å². The van der Waals surface area contributed by atoms with E-state index in [1.165, 1.54) is 0 Å². The van der Waals surface area contributed by atoms with Gasteiger partial charge in [-0.05, 0) is 33.6 Å². The Hall–Kier alpha value is -0.840. The molecule has 2 rings (SSSR count). The minimum atomic E-state index is -0.523. The third-order valence-electron chi connectivity index (χ3n) is 3.00. The first-order chi connectivity index (χ1) is 7.89. The maximum atomic E-state index is 12.3. The van der Waals surface area contributed by atoms with Crippen molar-refractivity contribution in [2.75, 3.05) is 6.54 Å². The molecule has 94 valence electrons. The molecule has 1 fully saturated rings. The normalized spacial score (nSPS) is 20.9. The lowest BCUT2D eigenvalue weighted by Crippen LogP contribution is -2.41. The largest absolute Gasteiger partial charge is 0.359 e. The zero-order chi connectivity index (χ0) is 12.6. The van der Waals surface area contributed by atoms with Gasteiger partial charge < -0.3 is 9.42 Å². The lowest BCUT2D eigenvalue weighted by molar-refractivity contribution is -0.134. The average Bonchev–Trinajstić information content (AvgIpc) is 2.82. The molecule has 1 unspecified atom stereocenters. The van der Waals surface area contributed by atoms with Gasteiger partial charge in [-0.2, -0.15) is 0 Å². The molecular formula is C12H17BrN2O2. The number of alkyl halides is 1. The first-order valence-electron chi connectivity index (χ1n) is 5.83. The minimum absolute atomic E-state index is 0.0422. The van der Waals surface area contributed by atoms with E-state index in [2.05, 4.69) is 21.1 Å². The van der Waals surface area contributed by atoms with E-state index >= 15 is 0 Å². The number of aromatic nitrogens is 1. The molecule has 0 spiro atoms. The van der Waals surface area contributed by atoms with Crippen molar-refractivity contribution in [3.63, 3.8) is 0 Å². The summed E-state index contributed by atoms with van der Waals surface area (Å²) in [6.07, 6.45) is 1.96. The van der Waals surface area contributed by atoms with Crippen LogP contribution < -0.4 is 0 Å². The fraction of sp³-hybridized carbons (Fsp3) is 0.667. The Bertz CT molecular complexity index is 422. The lowest BCUT2D eigenvalue weighted by atomic mass is 10.1. The molecule has 0 aliphatic carbocycles. The number of rotatable bonds is 2. The third kappa shape index (κ3) is 2.54. The van der Waals surface area contributed by atoms with Gasteiger partial charge in [0.25, 0.3) is 0 Å². The summed E-state index contributed by atoms with van der Waals surface area (Å²) in [6.45, 7) is 6.42. The number of likely N-dealkylation sites (tertiary alicyclic amines) is 1. The monoisotopic (exact) mass is 300 g/mol. The number of carbonyl (C=O) groups is 1. The number of carbonyl (C=O) groups excluding carboxylic acids is 1. The van der Waals surface area contributed by atoms with Crippen molar-refractivity contribution in [1.82, 2.24) is 10.1 Å². The van der Waals surface area contributed by atoms with Crippen LogP contribution in [0.2, 0.25) is 0 Å². The van der Waals surface area contributed by atoms with E-state index in [0.717, 1.165) is 30.8 Å². The highest BCUT2D eigenvalue weighted by molar-refractivity contribution is 9.10. The summed E-state index contributed by atoms with van der Waals surface area (Å²) >= 11 is 3.42. The first-order valence-corrected chi connectivity index (χ1v) is 6.62. The van der Waals surface area contributed by atoms with E-state index in [1.807, 2.05) is 31.7 Å². The molecular weight excluding hydrogens is 284 g/mol. The molecule has 0 radical (unpaired) electrons.